The van der Waals surface area contributed by atoms with E-state index in [4.69, 9.17) is 0 Å². The molecule has 0 amide bonds. The maximum absolute atomic E-state index is 13.7. The van der Waals surface area contributed by atoms with Gasteiger partial charge in [-0.15, -0.1) is 11.3 Å². The fourth-order valence-corrected chi connectivity index (χ4v) is 2.56. The number of carbonyl (C=O) groups is 1. The maximum Gasteiger partial charge on any atom is 0.312 e. The molecule has 0 aliphatic heterocycles. The number of ether oxygens (including phenoxy) is 1. The van der Waals surface area contributed by atoms with E-state index in [1.165, 1.54) is 24.5 Å². The number of esters is 1. The summed E-state index contributed by atoms with van der Waals surface area (Å²) in [6, 6.07) is 6.47. The van der Waals surface area contributed by atoms with Crippen molar-refractivity contribution in [2.24, 2.45) is 0 Å². The predicted octanol–water partition coefficient (Wildman–Crippen LogP) is 2.97. The van der Waals surface area contributed by atoms with Crippen LogP contribution in [0.3, 0.4) is 0 Å². The summed E-state index contributed by atoms with van der Waals surface area (Å²) in [6.07, 6.45) is 0.121. The van der Waals surface area contributed by atoms with Crippen LogP contribution in [0.5, 0.6) is 0 Å². The molecule has 5 heteroatoms. The Morgan fingerprint density at radius 3 is 2.83 bits per heavy atom. The normalized spacial score (nSPS) is 10.4. The van der Waals surface area contributed by atoms with Crippen molar-refractivity contribution in [3.8, 4) is 11.3 Å². The minimum absolute atomic E-state index is 0.121. The molecule has 0 saturated carbocycles. The first-order chi connectivity index (χ1) is 8.61. The van der Waals surface area contributed by atoms with Crippen LogP contribution in [0.25, 0.3) is 11.3 Å². The molecule has 0 unspecified atom stereocenters. The lowest BCUT2D eigenvalue weighted by Crippen LogP contribution is -2.03. The lowest BCUT2D eigenvalue weighted by atomic mass is 10.1. The molecule has 3 nitrogen and oxygen atoms in total. The summed E-state index contributed by atoms with van der Waals surface area (Å²) in [7, 11) is 1.33. The number of aromatic nitrogens is 1. The minimum atomic E-state index is -0.344. The van der Waals surface area contributed by atoms with Crippen LogP contribution in [-0.4, -0.2) is 18.1 Å². The van der Waals surface area contributed by atoms with Gasteiger partial charge in [-0.3, -0.25) is 4.79 Å². The molecule has 1 aromatic carbocycles. The molecule has 18 heavy (non-hydrogen) atoms. The van der Waals surface area contributed by atoms with Crippen LogP contribution in [0.1, 0.15) is 9.88 Å². The van der Waals surface area contributed by atoms with Gasteiger partial charge >= 0.3 is 5.97 Å². The van der Waals surface area contributed by atoms with Crippen LogP contribution in [0, 0.1) is 12.7 Å². The monoisotopic (exact) mass is 265 g/mol. The molecule has 0 N–H and O–H groups in total. The Balaban J connectivity index is 2.35. The first kappa shape index (κ1) is 12.7. The number of carbonyl (C=O) groups excluding carboxylic acids is 1. The number of thiazole rings is 1. The summed E-state index contributed by atoms with van der Waals surface area (Å²) in [5.41, 5.74) is 1.05. The zero-order valence-corrected chi connectivity index (χ0v) is 10.9. The highest BCUT2D eigenvalue weighted by atomic mass is 32.1. The van der Waals surface area contributed by atoms with E-state index >= 15 is 0 Å². The molecule has 94 valence electrons. The molecule has 2 rings (SSSR count). The molecule has 0 aliphatic rings. The highest BCUT2D eigenvalue weighted by Crippen LogP contribution is 2.29. The van der Waals surface area contributed by atoms with Crippen molar-refractivity contribution in [3.05, 3.63) is 40.0 Å². The van der Waals surface area contributed by atoms with E-state index in [0.29, 0.717) is 16.3 Å². The maximum atomic E-state index is 13.7. The summed E-state index contributed by atoms with van der Waals surface area (Å²) < 4.78 is 18.3. The van der Waals surface area contributed by atoms with E-state index in [1.54, 1.807) is 18.2 Å². The lowest BCUT2D eigenvalue weighted by Gasteiger charge is -1.99. The number of benzene rings is 1. The Hall–Kier alpha value is -1.75. The van der Waals surface area contributed by atoms with Gasteiger partial charge in [0, 0.05) is 10.4 Å². The zero-order chi connectivity index (χ0) is 13.1. The van der Waals surface area contributed by atoms with Gasteiger partial charge in [-0.2, -0.15) is 0 Å². The molecule has 0 radical (unpaired) electrons. The quantitative estimate of drug-likeness (QED) is 0.801. The van der Waals surface area contributed by atoms with E-state index < -0.39 is 0 Å². The van der Waals surface area contributed by atoms with Crippen molar-refractivity contribution in [1.29, 1.82) is 0 Å². The fraction of sp³-hybridized carbons (Fsp3) is 0.231. The van der Waals surface area contributed by atoms with Crippen molar-refractivity contribution in [2.45, 2.75) is 13.3 Å². The summed E-state index contributed by atoms with van der Waals surface area (Å²) in [6.45, 7) is 1.86. The molecule has 0 saturated heterocycles. The summed E-state index contributed by atoms with van der Waals surface area (Å²) in [4.78, 5) is 16.4. The minimum Gasteiger partial charge on any atom is -0.469 e. The van der Waals surface area contributed by atoms with Gasteiger partial charge in [-0.05, 0) is 19.1 Å². The third-order valence-corrected chi connectivity index (χ3v) is 3.46. The van der Waals surface area contributed by atoms with Gasteiger partial charge in [-0.25, -0.2) is 9.37 Å². The molecule has 0 bridgehead atoms. The van der Waals surface area contributed by atoms with Gasteiger partial charge in [-0.1, -0.05) is 12.1 Å². The Morgan fingerprint density at radius 1 is 1.44 bits per heavy atom. The number of hydrogen-bond acceptors (Lipinski definition) is 4. The number of methoxy groups -OCH3 is 1. The van der Waals surface area contributed by atoms with Gasteiger partial charge in [0.25, 0.3) is 0 Å². The van der Waals surface area contributed by atoms with Crippen LogP contribution < -0.4 is 0 Å². The Labute approximate surface area is 108 Å². The van der Waals surface area contributed by atoms with E-state index in [1.807, 2.05) is 6.92 Å². The molecular weight excluding hydrogens is 253 g/mol. The molecule has 1 aromatic heterocycles. The van der Waals surface area contributed by atoms with E-state index in [-0.39, 0.29) is 18.2 Å². The van der Waals surface area contributed by atoms with Crippen LogP contribution in [0.15, 0.2) is 24.3 Å². The highest BCUT2D eigenvalue weighted by molar-refractivity contribution is 7.12. The molecule has 0 atom stereocenters. The van der Waals surface area contributed by atoms with Crippen molar-refractivity contribution < 1.29 is 13.9 Å². The first-order valence-electron chi connectivity index (χ1n) is 5.40. The molecule has 1 heterocycles. The summed E-state index contributed by atoms with van der Waals surface area (Å²) in [5.74, 6) is -0.653. The van der Waals surface area contributed by atoms with Crippen molar-refractivity contribution in [3.63, 3.8) is 0 Å². The van der Waals surface area contributed by atoms with Gasteiger partial charge in [0.2, 0.25) is 0 Å². The van der Waals surface area contributed by atoms with Crippen LogP contribution in [0.2, 0.25) is 0 Å². The van der Waals surface area contributed by atoms with Gasteiger partial charge < -0.3 is 4.74 Å². The Morgan fingerprint density at radius 2 is 2.17 bits per heavy atom. The third-order valence-electron chi connectivity index (χ3n) is 2.49. The van der Waals surface area contributed by atoms with Crippen molar-refractivity contribution in [1.82, 2.24) is 4.98 Å². The summed E-state index contributed by atoms with van der Waals surface area (Å²) in [5, 5.41) is 0.637. The van der Waals surface area contributed by atoms with Gasteiger partial charge in [0.1, 0.15) is 10.8 Å². The second-order valence-corrected chi connectivity index (χ2v) is 5.03. The standard InChI is InChI=1S/C13H12FNO2S/c1-8-13(9-5-3-4-6-10(9)14)15-11(18-8)7-12(16)17-2/h3-6H,7H2,1-2H3. The Bertz CT molecular complexity index is 580. The van der Waals surface area contributed by atoms with Crippen molar-refractivity contribution >= 4 is 17.3 Å². The lowest BCUT2D eigenvalue weighted by molar-refractivity contribution is -0.139. The van der Waals surface area contributed by atoms with Gasteiger partial charge in [0.05, 0.1) is 19.2 Å². The van der Waals surface area contributed by atoms with Crippen LogP contribution >= 0.6 is 11.3 Å². The Kier molecular flexibility index (Phi) is 3.72. The van der Waals surface area contributed by atoms with Gasteiger partial charge in [0.15, 0.2) is 0 Å². The molecule has 0 fully saturated rings. The SMILES string of the molecule is COC(=O)Cc1nc(-c2ccccc2F)c(C)s1. The van der Waals surface area contributed by atoms with E-state index in [9.17, 15) is 9.18 Å². The molecule has 0 aliphatic carbocycles. The smallest absolute Gasteiger partial charge is 0.312 e. The highest BCUT2D eigenvalue weighted by Gasteiger charge is 2.15. The number of hydrogen-bond donors (Lipinski definition) is 0. The molecule has 2 aromatic rings. The topological polar surface area (TPSA) is 39.2 Å². The number of rotatable bonds is 3. The predicted molar refractivity (Wildman–Crippen MR) is 68.0 cm³/mol. The van der Waals surface area contributed by atoms with E-state index in [2.05, 4.69) is 9.72 Å². The molecule has 0 spiro atoms. The third kappa shape index (κ3) is 2.56. The number of nitrogens with zero attached hydrogens (tertiary/aromatic N) is 1. The number of halogens is 1. The van der Waals surface area contributed by atoms with Crippen LogP contribution in [-0.2, 0) is 16.0 Å². The largest absolute Gasteiger partial charge is 0.469 e. The first-order valence-corrected chi connectivity index (χ1v) is 6.21. The summed E-state index contributed by atoms with van der Waals surface area (Å²) >= 11 is 1.38. The second kappa shape index (κ2) is 5.27. The average Bonchev–Trinajstić information content (AvgIpc) is 2.70. The number of aryl methyl sites for hydroxylation is 1. The fourth-order valence-electron chi connectivity index (χ4n) is 1.63. The average molecular weight is 265 g/mol. The molecular formula is C13H12FNO2S. The van der Waals surface area contributed by atoms with Crippen molar-refractivity contribution in [2.75, 3.05) is 7.11 Å². The van der Waals surface area contributed by atoms with E-state index in [0.717, 1.165) is 4.88 Å². The van der Waals surface area contributed by atoms with Crippen LogP contribution in [0.4, 0.5) is 4.39 Å². The second-order valence-electron chi connectivity index (χ2n) is 3.75. The zero-order valence-electron chi connectivity index (χ0n) is 10.1.